The van der Waals surface area contributed by atoms with E-state index >= 15 is 0 Å². The van der Waals surface area contributed by atoms with E-state index in [1.165, 1.54) is 0 Å². The molecule has 0 aromatic heterocycles. The van der Waals surface area contributed by atoms with Crippen LogP contribution in [0.5, 0.6) is 0 Å². The number of ether oxygens (including phenoxy) is 23. The molecule has 11 rings (SSSR count). The van der Waals surface area contributed by atoms with Crippen LogP contribution in [0.1, 0.15) is 13.8 Å². The Bertz CT molecular complexity index is 3310. The SMILES string of the molecule is CC(=O)O[C@@H]1[C@H](O[C@H]2[C@H](O)[C@H](O)[C@H](O[C@H]3[C@H](O)[C@H](O)[C@H](O[C@H]4[C@H](O)[C@@H](OC(C)=O)[C@H](O[C@H]5[C@H](O)[C@H](O)[C@H](O[C@H]6[C@H](O)[C@@H](O)[C@H](O)O[C@@H]6CO[C@@H]6O[C@H](CO)[C@@H](O)[C@H](O[C@H]7O[C@H](CO)[C@@H](O)[C@@H]7O)[C@H]6O)O[C@@H]5CO)O[C@@H]4CO)O[C@@H]3CO[C@@H]3O[C@H](CO)[C@@H](O)[C@H](O[C@@H]4O[C@H](CO)[C@@H](O)[C@H](O[C@@H]5O[C@H](CO)[C@@H](O)[C@H](O)[C@@H]5O)[C@@H]4O)[C@@H]3O)O[C@@H]2CO)O[C@H](CO)[C@@H](O)[C@@H]1O. The third-order valence-corrected chi connectivity index (χ3v) is 23.2. The van der Waals surface area contributed by atoms with Crippen molar-refractivity contribution >= 4 is 11.9 Å². The lowest BCUT2D eigenvalue weighted by Crippen LogP contribution is -2.69. The number of hydrogen-bond donors (Lipinski definition) is 32. The fraction of sp³-hybridized carbons (Fsp3) is 0.971. The second-order valence-electron chi connectivity index (χ2n) is 31.6. The van der Waals surface area contributed by atoms with E-state index in [0.717, 1.165) is 13.8 Å². The summed E-state index contributed by atoms with van der Waals surface area (Å²) >= 11 is 0. The summed E-state index contributed by atoms with van der Waals surface area (Å²) in [5, 5.41) is 352. The first-order valence-electron chi connectivity index (χ1n) is 39.9. The molecule has 32 N–H and O–H groups in total. The molecular formula is C69H114O57. The Morgan fingerprint density at radius 1 is 0.190 bits per heavy atom. The standard InChI is InChI=1S/C69H114O57/c1-14(79)106-57-34(88)28(82)17(4-71)114-68(57)122-49-22(9-76)116-65(43(97)36(49)90)121-53-26(13-105-61-47(101)55(31(85)20(7-74)110-61)126-67-48(102)56(32(86)21(8-75)113-67)125-63-41(95)33(87)27(81)16(3-70)111-63)118-66(44(98)38(53)92)119-51-24(11-78)117-69(58(45(51)99)107-15(2)80)123-50-23(10-77)115-64(42(96)37(50)91)120-52-25(108-59(103)39(93)35(52)89)12-104-60-46(100)54(30(84)19(6-73)109-60)124-62-40(94)29(83)18(5-72)112-62/h16-78,81-103H,3-13H2,1-2H3/t16-,17-,18-,19-,20-,21-,22-,23-,24-,25-,26-,27-,28-,29-,30-,31-,32-,33+,34+,35-,36-,37-,38-,39-,40+,41+,42+,43+,44+,45+,46-,47+,48+,49-,50-,51-,52-,53-,54+,55+,56+,57+,58-,59-,60-,61-,62-,63+,64+,65+,66+,67+,68+,69+/m1/s1. The quantitative estimate of drug-likeness (QED) is 0.0271. The molecule has 57 heteroatoms. The van der Waals surface area contributed by atoms with Gasteiger partial charge in [0.2, 0.25) is 0 Å². The first kappa shape index (κ1) is 103. The fourth-order valence-corrected chi connectivity index (χ4v) is 16.1. The van der Waals surface area contributed by atoms with Crippen molar-refractivity contribution in [1.82, 2.24) is 0 Å². The highest BCUT2D eigenvalue weighted by molar-refractivity contribution is 5.66. The number of esters is 2. The highest BCUT2D eigenvalue weighted by atomic mass is 16.8. The molecule has 11 aliphatic rings. The molecule has 0 spiro atoms. The lowest BCUT2D eigenvalue weighted by atomic mass is 9.95. The van der Waals surface area contributed by atoms with Crippen LogP contribution in [0, 0.1) is 0 Å². The molecule has 126 heavy (non-hydrogen) atoms. The van der Waals surface area contributed by atoms with Crippen molar-refractivity contribution in [2.24, 2.45) is 0 Å². The highest BCUT2D eigenvalue weighted by Crippen LogP contribution is 2.42. The molecule has 11 fully saturated rings. The molecule has 11 aliphatic heterocycles. The van der Waals surface area contributed by atoms with Crippen molar-refractivity contribution in [3.05, 3.63) is 0 Å². The van der Waals surface area contributed by atoms with E-state index in [4.69, 9.17) is 109 Å². The Hall–Kier alpha value is -3.18. The first-order valence-corrected chi connectivity index (χ1v) is 39.9. The fourth-order valence-electron chi connectivity index (χ4n) is 16.1. The van der Waals surface area contributed by atoms with Gasteiger partial charge in [0.25, 0.3) is 0 Å². The van der Waals surface area contributed by atoms with Crippen molar-refractivity contribution in [1.29, 1.82) is 0 Å². The van der Waals surface area contributed by atoms with E-state index in [1.54, 1.807) is 0 Å². The maximum atomic E-state index is 13.0. The van der Waals surface area contributed by atoms with Gasteiger partial charge in [-0.2, -0.15) is 0 Å². The summed E-state index contributed by atoms with van der Waals surface area (Å²) in [6, 6.07) is 0. The number of hydrogen-bond acceptors (Lipinski definition) is 57. The summed E-state index contributed by atoms with van der Waals surface area (Å²) in [4.78, 5) is 25.2. The second kappa shape index (κ2) is 45.0. The molecule has 0 aliphatic carbocycles. The van der Waals surface area contributed by atoms with E-state index in [2.05, 4.69) is 0 Å². The molecule has 732 valence electrons. The average Bonchev–Trinajstić information content (AvgIpc) is 1.57. The molecule has 0 aromatic rings. The monoisotopic (exact) mass is 1850 g/mol. The van der Waals surface area contributed by atoms with Gasteiger partial charge < -0.3 is 272 Å². The zero-order chi connectivity index (χ0) is 92.4. The second-order valence-corrected chi connectivity index (χ2v) is 31.6. The van der Waals surface area contributed by atoms with Gasteiger partial charge in [0.15, 0.2) is 81.4 Å². The molecule has 0 saturated carbocycles. The Balaban J connectivity index is 0.814. The summed E-state index contributed by atoms with van der Waals surface area (Å²) in [6.45, 7) is -10.3. The summed E-state index contributed by atoms with van der Waals surface area (Å²) in [7, 11) is 0. The molecule has 11 saturated heterocycles. The summed E-state index contributed by atoms with van der Waals surface area (Å²) in [5.74, 6) is -2.34. The largest absolute Gasteiger partial charge is 0.454 e. The number of aliphatic hydroxyl groups excluding tert-OH is 32. The Morgan fingerprint density at radius 2 is 0.397 bits per heavy atom. The molecule has 0 unspecified atom stereocenters. The minimum atomic E-state index is -2.57. The molecule has 0 radical (unpaired) electrons. The van der Waals surface area contributed by atoms with Crippen LogP contribution in [-0.2, 0) is 119 Å². The minimum Gasteiger partial charge on any atom is -0.454 e. The predicted molar refractivity (Wildman–Crippen MR) is 375 cm³/mol. The molecule has 11 heterocycles. The molecule has 0 amide bonds. The van der Waals surface area contributed by atoms with Crippen molar-refractivity contribution in [2.75, 3.05) is 72.7 Å². The van der Waals surface area contributed by atoms with Gasteiger partial charge in [-0.1, -0.05) is 0 Å². The van der Waals surface area contributed by atoms with Gasteiger partial charge in [0, 0.05) is 13.8 Å². The van der Waals surface area contributed by atoms with E-state index in [9.17, 15) is 173 Å². The zero-order valence-electron chi connectivity index (χ0n) is 66.5. The summed E-state index contributed by atoms with van der Waals surface area (Å²) in [5.41, 5.74) is 0. The van der Waals surface area contributed by atoms with Crippen LogP contribution in [0.3, 0.4) is 0 Å². The zero-order valence-corrected chi connectivity index (χ0v) is 66.5. The molecule has 0 aromatic carbocycles. The van der Waals surface area contributed by atoms with E-state index in [-0.39, 0.29) is 0 Å². The van der Waals surface area contributed by atoms with Crippen molar-refractivity contribution in [3.8, 4) is 0 Å². The molecule has 57 nitrogen and oxygen atoms in total. The van der Waals surface area contributed by atoms with Crippen molar-refractivity contribution < 1.29 is 282 Å². The third kappa shape index (κ3) is 22.0. The predicted octanol–water partition coefficient (Wildman–Crippen LogP) is -23.2. The van der Waals surface area contributed by atoms with Gasteiger partial charge >= 0.3 is 11.9 Å². The first-order chi connectivity index (χ1) is 59.7. The third-order valence-electron chi connectivity index (χ3n) is 23.2. The highest BCUT2D eigenvalue weighted by Gasteiger charge is 2.62. The van der Waals surface area contributed by atoms with Gasteiger partial charge in [0.1, 0.15) is 250 Å². The molecule has 54 atom stereocenters. The van der Waals surface area contributed by atoms with Gasteiger partial charge in [-0.3, -0.25) is 9.59 Å². The van der Waals surface area contributed by atoms with Crippen molar-refractivity contribution in [3.63, 3.8) is 0 Å². The van der Waals surface area contributed by atoms with Gasteiger partial charge in [0.05, 0.1) is 72.7 Å². The smallest absolute Gasteiger partial charge is 0.303 e. The molecule has 0 bridgehead atoms. The van der Waals surface area contributed by atoms with Crippen LogP contribution >= 0.6 is 0 Å². The Morgan fingerprint density at radius 3 is 0.746 bits per heavy atom. The minimum absolute atomic E-state index is 0.784. The number of carbonyl (C=O) groups is 2. The summed E-state index contributed by atoms with van der Waals surface area (Å²) < 4.78 is 131. The van der Waals surface area contributed by atoms with Crippen LogP contribution in [0.2, 0.25) is 0 Å². The van der Waals surface area contributed by atoms with Crippen LogP contribution < -0.4 is 0 Å². The maximum absolute atomic E-state index is 13.0. The molecular weight excluding hydrogens is 1740 g/mol. The van der Waals surface area contributed by atoms with Gasteiger partial charge in [-0.15, -0.1) is 0 Å². The van der Waals surface area contributed by atoms with E-state index < -0.39 is 416 Å². The Labute approximate surface area is 710 Å². The van der Waals surface area contributed by atoms with E-state index in [1.807, 2.05) is 0 Å². The average molecular weight is 1860 g/mol. The van der Waals surface area contributed by atoms with Gasteiger partial charge in [-0.25, -0.2) is 0 Å². The lowest BCUT2D eigenvalue weighted by molar-refractivity contribution is -0.400. The summed E-state index contributed by atoms with van der Waals surface area (Å²) in [6.07, 6.45) is -113. The van der Waals surface area contributed by atoms with E-state index in [0.29, 0.717) is 0 Å². The van der Waals surface area contributed by atoms with Crippen LogP contribution in [0.4, 0.5) is 0 Å². The number of rotatable bonds is 33. The topological polar surface area (TPSA) is 894 Å². The van der Waals surface area contributed by atoms with Gasteiger partial charge in [-0.05, 0) is 0 Å². The van der Waals surface area contributed by atoms with Crippen LogP contribution in [-0.4, -0.2) is 580 Å². The van der Waals surface area contributed by atoms with Crippen LogP contribution in [0.15, 0.2) is 0 Å². The van der Waals surface area contributed by atoms with Crippen molar-refractivity contribution in [2.45, 2.75) is 346 Å². The maximum Gasteiger partial charge on any atom is 0.303 e. The lowest BCUT2D eigenvalue weighted by Gasteiger charge is -2.50. The normalized spacial score (nSPS) is 51.6. The Kier molecular flexibility index (Phi) is 36.9. The number of aliphatic hydroxyl groups is 32. The number of carbonyl (C=O) groups excluding carboxylic acids is 2. The van der Waals surface area contributed by atoms with Crippen LogP contribution in [0.25, 0.3) is 0 Å².